The first-order valence-electron chi connectivity index (χ1n) is 8.40. The molecule has 1 aromatic heterocycles. The molecule has 0 saturated carbocycles. The maximum absolute atomic E-state index is 11.0. The molecule has 0 aliphatic carbocycles. The van der Waals surface area contributed by atoms with Crippen molar-refractivity contribution in [2.24, 2.45) is 0 Å². The van der Waals surface area contributed by atoms with Gasteiger partial charge < -0.3 is 24.4 Å². The van der Waals surface area contributed by atoms with Gasteiger partial charge in [0.1, 0.15) is 24.2 Å². The number of aliphatic hydroxyl groups excluding tert-OH is 1. The standard InChI is InChI=1S/C19H23NO6/c1-3-13-5-10-16(20-11-13)17(21)12-25-14-6-8-15(9-7-14)26-19(18(22)23)24-4-2/h5-11,17,19,21H,3-4,12H2,1-2H3,(H,22,23)/t17-,19?/m0/s1. The molecule has 1 unspecified atom stereocenters. The van der Waals surface area contributed by atoms with Crippen molar-refractivity contribution < 1.29 is 29.2 Å². The number of benzene rings is 1. The summed E-state index contributed by atoms with van der Waals surface area (Å²) in [5, 5.41) is 19.1. The average Bonchev–Trinajstić information content (AvgIpc) is 2.66. The molecule has 0 saturated heterocycles. The normalized spacial score (nSPS) is 13.0. The van der Waals surface area contributed by atoms with E-state index < -0.39 is 18.4 Å². The Morgan fingerprint density at radius 1 is 1.12 bits per heavy atom. The highest BCUT2D eigenvalue weighted by Gasteiger charge is 2.19. The van der Waals surface area contributed by atoms with E-state index in [1.54, 1.807) is 43.5 Å². The maximum atomic E-state index is 11.0. The number of aliphatic carboxylic acids is 1. The Bertz CT molecular complexity index is 686. The summed E-state index contributed by atoms with van der Waals surface area (Å²) in [6.45, 7) is 4.00. The number of aliphatic hydroxyl groups is 1. The second-order valence-corrected chi connectivity index (χ2v) is 5.49. The SMILES string of the molecule is CCOC(Oc1ccc(OC[C@H](O)c2ccc(CC)cn2)cc1)C(=O)O. The van der Waals surface area contributed by atoms with E-state index in [-0.39, 0.29) is 13.2 Å². The fraction of sp³-hybridized carbons (Fsp3) is 0.368. The van der Waals surface area contributed by atoms with E-state index in [0.717, 1.165) is 12.0 Å². The van der Waals surface area contributed by atoms with Gasteiger partial charge in [-0.1, -0.05) is 13.0 Å². The van der Waals surface area contributed by atoms with E-state index in [4.69, 9.17) is 19.3 Å². The maximum Gasteiger partial charge on any atom is 0.373 e. The fourth-order valence-electron chi connectivity index (χ4n) is 2.15. The monoisotopic (exact) mass is 361 g/mol. The third kappa shape index (κ3) is 5.72. The molecule has 0 radical (unpaired) electrons. The van der Waals surface area contributed by atoms with Crippen LogP contribution in [0.3, 0.4) is 0 Å². The predicted octanol–water partition coefficient (Wildman–Crippen LogP) is 2.58. The van der Waals surface area contributed by atoms with Crippen molar-refractivity contribution in [1.82, 2.24) is 4.98 Å². The van der Waals surface area contributed by atoms with Crippen LogP contribution in [0.4, 0.5) is 0 Å². The first-order chi connectivity index (χ1) is 12.5. The second kappa shape index (κ2) is 9.74. The highest BCUT2D eigenvalue weighted by molar-refractivity contribution is 5.71. The van der Waals surface area contributed by atoms with Gasteiger partial charge in [-0.2, -0.15) is 0 Å². The number of hydrogen-bond donors (Lipinski definition) is 2. The molecule has 7 heteroatoms. The van der Waals surface area contributed by atoms with Crippen LogP contribution in [0.1, 0.15) is 31.2 Å². The Hall–Kier alpha value is -2.64. The molecule has 2 N–H and O–H groups in total. The first-order valence-corrected chi connectivity index (χ1v) is 8.40. The lowest BCUT2D eigenvalue weighted by Crippen LogP contribution is -2.30. The summed E-state index contributed by atoms with van der Waals surface area (Å²) in [5.74, 6) is -0.336. The Labute approximate surface area is 152 Å². The van der Waals surface area contributed by atoms with Crippen LogP contribution in [0.25, 0.3) is 0 Å². The van der Waals surface area contributed by atoms with E-state index in [9.17, 15) is 9.90 Å². The molecule has 26 heavy (non-hydrogen) atoms. The van der Waals surface area contributed by atoms with E-state index in [1.165, 1.54) is 0 Å². The predicted molar refractivity (Wildman–Crippen MR) is 94.2 cm³/mol. The largest absolute Gasteiger partial charge is 0.490 e. The third-order valence-corrected chi connectivity index (χ3v) is 3.59. The van der Waals surface area contributed by atoms with Gasteiger partial charge >= 0.3 is 5.97 Å². The fourth-order valence-corrected chi connectivity index (χ4v) is 2.15. The zero-order valence-corrected chi connectivity index (χ0v) is 14.8. The molecule has 0 spiro atoms. The molecule has 140 valence electrons. The number of hydrogen-bond acceptors (Lipinski definition) is 6. The van der Waals surface area contributed by atoms with Crippen LogP contribution in [0.5, 0.6) is 11.5 Å². The number of pyridine rings is 1. The van der Waals surface area contributed by atoms with Gasteiger partial charge in [0.2, 0.25) is 0 Å². The summed E-state index contributed by atoms with van der Waals surface area (Å²) in [4.78, 5) is 15.2. The van der Waals surface area contributed by atoms with E-state index in [0.29, 0.717) is 17.2 Å². The molecule has 2 aromatic rings. The highest BCUT2D eigenvalue weighted by atomic mass is 16.7. The molecule has 1 aromatic carbocycles. The second-order valence-electron chi connectivity index (χ2n) is 5.49. The lowest BCUT2D eigenvalue weighted by molar-refractivity contribution is -0.170. The molecular formula is C19H23NO6. The van der Waals surface area contributed by atoms with Crippen molar-refractivity contribution in [3.05, 3.63) is 53.9 Å². The van der Waals surface area contributed by atoms with Crippen molar-refractivity contribution in [3.63, 3.8) is 0 Å². The molecule has 0 aliphatic heterocycles. The average molecular weight is 361 g/mol. The van der Waals surface area contributed by atoms with Crippen molar-refractivity contribution in [1.29, 1.82) is 0 Å². The smallest absolute Gasteiger partial charge is 0.373 e. The van der Waals surface area contributed by atoms with Gasteiger partial charge in [-0.3, -0.25) is 4.98 Å². The van der Waals surface area contributed by atoms with Gasteiger partial charge in [0, 0.05) is 12.8 Å². The van der Waals surface area contributed by atoms with Gasteiger partial charge in [-0.05, 0) is 49.2 Å². The van der Waals surface area contributed by atoms with Gasteiger partial charge in [-0.25, -0.2) is 4.79 Å². The van der Waals surface area contributed by atoms with Gasteiger partial charge in [-0.15, -0.1) is 0 Å². The van der Waals surface area contributed by atoms with Crippen molar-refractivity contribution in [3.8, 4) is 11.5 Å². The topological polar surface area (TPSA) is 98.1 Å². The summed E-state index contributed by atoms with van der Waals surface area (Å²) < 4.78 is 15.8. The highest BCUT2D eigenvalue weighted by Crippen LogP contribution is 2.20. The number of aryl methyl sites for hydroxylation is 1. The number of carboxylic acid groups (broad SMARTS) is 1. The first kappa shape index (κ1) is 19.7. The Kier molecular flexibility index (Phi) is 7.37. The van der Waals surface area contributed by atoms with E-state index in [1.807, 2.05) is 13.0 Å². The summed E-state index contributed by atoms with van der Waals surface area (Å²) in [6.07, 6.45) is 0.430. The van der Waals surface area contributed by atoms with Crippen LogP contribution in [0, 0.1) is 0 Å². The van der Waals surface area contributed by atoms with Gasteiger partial charge in [0.15, 0.2) is 0 Å². The number of carbonyl (C=O) groups is 1. The van der Waals surface area contributed by atoms with Crippen LogP contribution in [-0.4, -0.2) is 40.7 Å². The lowest BCUT2D eigenvalue weighted by Gasteiger charge is -2.15. The summed E-state index contributed by atoms with van der Waals surface area (Å²) in [7, 11) is 0. The molecule has 1 heterocycles. The van der Waals surface area contributed by atoms with Crippen molar-refractivity contribution in [2.75, 3.05) is 13.2 Å². The molecular weight excluding hydrogens is 338 g/mol. The number of nitrogens with zero attached hydrogens (tertiary/aromatic N) is 1. The van der Waals surface area contributed by atoms with E-state index in [2.05, 4.69) is 4.98 Å². The minimum absolute atomic E-state index is 0.0510. The minimum atomic E-state index is -1.36. The minimum Gasteiger partial charge on any atom is -0.490 e. The molecule has 0 amide bonds. The zero-order valence-electron chi connectivity index (χ0n) is 14.8. The molecule has 2 atom stereocenters. The number of rotatable bonds is 10. The number of ether oxygens (including phenoxy) is 3. The van der Waals surface area contributed by atoms with Crippen molar-refractivity contribution in [2.45, 2.75) is 32.7 Å². The van der Waals surface area contributed by atoms with Crippen LogP contribution in [0.15, 0.2) is 42.6 Å². The van der Waals surface area contributed by atoms with Crippen LogP contribution < -0.4 is 9.47 Å². The molecule has 0 bridgehead atoms. The summed E-state index contributed by atoms with van der Waals surface area (Å²) in [5.41, 5.74) is 1.65. The number of aromatic nitrogens is 1. The number of carboxylic acids is 1. The van der Waals surface area contributed by atoms with Crippen LogP contribution in [-0.2, 0) is 16.0 Å². The Morgan fingerprint density at radius 2 is 1.81 bits per heavy atom. The molecule has 7 nitrogen and oxygen atoms in total. The molecule has 0 aliphatic rings. The van der Waals surface area contributed by atoms with Gasteiger partial charge in [0.25, 0.3) is 6.29 Å². The molecule has 0 fully saturated rings. The summed E-state index contributed by atoms with van der Waals surface area (Å²) >= 11 is 0. The van der Waals surface area contributed by atoms with Crippen LogP contribution >= 0.6 is 0 Å². The van der Waals surface area contributed by atoms with E-state index >= 15 is 0 Å². The van der Waals surface area contributed by atoms with Crippen LogP contribution in [0.2, 0.25) is 0 Å². The zero-order chi connectivity index (χ0) is 18.9. The Morgan fingerprint density at radius 3 is 2.35 bits per heavy atom. The Balaban J connectivity index is 1.88. The quantitative estimate of drug-likeness (QED) is 0.628. The van der Waals surface area contributed by atoms with Crippen molar-refractivity contribution >= 4 is 5.97 Å². The molecule has 2 rings (SSSR count). The lowest BCUT2D eigenvalue weighted by atomic mass is 10.2. The summed E-state index contributed by atoms with van der Waals surface area (Å²) in [6, 6.07) is 10.1. The third-order valence-electron chi connectivity index (χ3n) is 3.59. The van der Waals surface area contributed by atoms with Gasteiger partial charge in [0.05, 0.1) is 5.69 Å².